The van der Waals surface area contributed by atoms with Crippen molar-refractivity contribution in [2.45, 2.75) is 25.3 Å². The van der Waals surface area contributed by atoms with E-state index in [1.807, 2.05) is 45.5 Å². The smallest absolute Gasteiger partial charge is 0.349 e. The molecule has 0 radical (unpaired) electrons. The largest absolute Gasteiger partial charge is 0.465 e. The number of allylic oxidation sites excluding steroid dienone is 4. The quantitative estimate of drug-likeness (QED) is 0.308. The highest BCUT2D eigenvalue weighted by Gasteiger charge is 2.38. The second kappa shape index (κ2) is 9.37. The average molecular weight is 447 g/mol. The number of fused-ring (bicyclic) bond motifs is 1. The van der Waals surface area contributed by atoms with Gasteiger partial charge in [0.15, 0.2) is 5.56 Å². The molecule has 0 spiro atoms. The molecule has 1 aromatic carbocycles. The average Bonchev–Trinajstić information content (AvgIpc) is 2.83. The van der Waals surface area contributed by atoms with Crippen LogP contribution in [0.15, 0.2) is 84.8 Å². The molecular formula is C26H25ClN3O2+. The van der Waals surface area contributed by atoms with Gasteiger partial charge in [-0.15, -0.1) is 0 Å². The molecule has 6 heteroatoms. The van der Waals surface area contributed by atoms with Crippen LogP contribution in [0.5, 0.6) is 5.88 Å². The van der Waals surface area contributed by atoms with E-state index in [0.29, 0.717) is 22.2 Å². The molecule has 0 saturated carbocycles. The Hall–Kier alpha value is -3.44. The highest BCUT2D eigenvalue weighted by atomic mass is 35.5. The fraction of sp³-hybridized carbons (Fsp3) is 0.192. The molecule has 2 aromatic heterocycles. The van der Waals surface area contributed by atoms with Crippen molar-refractivity contribution < 1.29 is 9.30 Å². The highest BCUT2D eigenvalue weighted by Crippen LogP contribution is 2.32. The number of benzene rings is 1. The standard InChI is InChI=1S/C26H25ClN3O2/c1-4-10-18(5-2)24-25(31)30-21(19-15-16-22(27)28-17-19)13-9-14-23(30)29(26(24)32-3)20-11-7-6-8-12-20/h4-8,10-12,15-17,21H,1-2,9,13-14H2,3H3/q+1/b18-10+. The van der Waals surface area contributed by atoms with E-state index in [9.17, 15) is 4.79 Å². The Kier molecular flexibility index (Phi) is 6.37. The molecule has 0 saturated heterocycles. The molecule has 4 rings (SSSR count). The summed E-state index contributed by atoms with van der Waals surface area (Å²) < 4.78 is 9.77. The van der Waals surface area contributed by atoms with Crippen molar-refractivity contribution >= 4 is 17.2 Å². The van der Waals surface area contributed by atoms with E-state index >= 15 is 0 Å². The summed E-state index contributed by atoms with van der Waals surface area (Å²) >= 11 is 6.02. The second-order valence-electron chi connectivity index (χ2n) is 7.53. The molecule has 1 atom stereocenters. The van der Waals surface area contributed by atoms with Crippen molar-refractivity contribution in [1.29, 1.82) is 0 Å². The molecular weight excluding hydrogens is 422 g/mol. The van der Waals surface area contributed by atoms with Gasteiger partial charge in [0.2, 0.25) is 0 Å². The fourth-order valence-corrected chi connectivity index (χ4v) is 4.48. The number of ether oxygens (including phenoxy) is 1. The maximum atomic E-state index is 14.0. The first kappa shape index (κ1) is 21.8. The number of halogens is 1. The minimum Gasteiger partial charge on any atom is -0.465 e. The van der Waals surface area contributed by atoms with Gasteiger partial charge in [0.05, 0.1) is 13.5 Å². The Morgan fingerprint density at radius 2 is 2.03 bits per heavy atom. The molecule has 1 aliphatic rings. The van der Waals surface area contributed by atoms with Gasteiger partial charge in [-0.2, -0.15) is 9.13 Å². The van der Waals surface area contributed by atoms with E-state index in [-0.39, 0.29) is 11.6 Å². The SMILES string of the molecule is C=C/C=C(\C=C)c1c(OC)[n+](-c2ccccc2)c2n(c1=O)C(c1ccc(Cl)nc1)CCC2. The molecule has 0 amide bonds. The minimum atomic E-state index is -0.162. The molecule has 0 fully saturated rings. The summed E-state index contributed by atoms with van der Waals surface area (Å²) in [5.74, 6) is 1.37. The van der Waals surface area contributed by atoms with E-state index in [2.05, 4.69) is 18.1 Å². The first-order chi connectivity index (χ1) is 15.6. The predicted molar refractivity (Wildman–Crippen MR) is 127 cm³/mol. The van der Waals surface area contributed by atoms with Crippen LogP contribution in [0.25, 0.3) is 11.3 Å². The van der Waals surface area contributed by atoms with E-state index in [1.54, 1.807) is 37.6 Å². The van der Waals surface area contributed by atoms with Crippen molar-refractivity contribution in [3.05, 3.63) is 113 Å². The Morgan fingerprint density at radius 1 is 1.25 bits per heavy atom. The lowest BCUT2D eigenvalue weighted by Gasteiger charge is -2.25. The van der Waals surface area contributed by atoms with Crippen LogP contribution in [0.1, 0.15) is 35.8 Å². The molecule has 5 nitrogen and oxygen atoms in total. The first-order valence-electron chi connectivity index (χ1n) is 10.5. The maximum Gasteiger partial charge on any atom is 0.349 e. The van der Waals surface area contributed by atoms with E-state index in [0.717, 1.165) is 36.3 Å². The minimum absolute atomic E-state index is 0.128. The Labute approximate surface area is 192 Å². The third-order valence-corrected chi connectivity index (χ3v) is 5.95. The maximum absolute atomic E-state index is 14.0. The van der Waals surface area contributed by atoms with Gasteiger partial charge < -0.3 is 4.74 Å². The van der Waals surface area contributed by atoms with Crippen molar-refractivity contribution in [3.8, 4) is 11.6 Å². The van der Waals surface area contributed by atoms with Crippen molar-refractivity contribution in [2.24, 2.45) is 0 Å². The molecule has 32 heavy (non-hydrogen) atoms. The first-order valence-corrected chi connectivity index (χ1v) is 10.9. The Balaban J connectivity index is 2.12. The van der Waals surface area contributed by atoms with Gasteiger partial charge in [-0.05, 0) is 36.6 Å². The molecule has 1 unspecified atom stereocenters. The molecule has 0 bridgehead atoms. The zero-order valence-corrected chi connectivity index (χ0v) is 18.8. The summed E-state index contributed by atoms with van der Waals surface area (Å²) in [5.41, 5.74) is 2.84. The predicted octanol–water partition coefficient (Wildman–Crippen LogP) is 4.86. The molecule has 0 aliphatic carbocycles. The third kappa shape index (κ3) is 3.80. The van der Waals surface area contributed by atoms with Crippen LogP contribution < -0.4 is 14.9 Å². The van der Waals surface area contributed by atoms with Gasteiger partial charge >= 0.3 is 11.4 Å². The topological polar surface area (TPSA) is 48.0 Å². The number of methoxy groups -OCH3 is 1. The number of rotatable bonds is 6. The van der Waals surface area contributed by atoms with Crippen LogP contribution in [0.3, 0.4) is 0 Å². The van der Waals surface area contributed by atoms with Gasteiger partial charge in [0.1, 0.15) is 16.9 Å². The van der Waals surface area contributed by atoms with Crippen molar-refractivity contribution in [3.63, 3.8) is 0 Å². The monoisotopic (exact) mass is 446 g/mol. The summed E-state index contributed by atoms with van der Waals surface area (Å²) in [5, 5.41) is 0.426. The van der Waals surface area contributed by atoms with E-state index in [4.69, 9.17) is 16.3 Å². The number of hydrogen-bond acceptors (Lipinski definition) is 3. The number of para-hydroxylation sites is 1. The van der Waals surface area contributed by atoms with Gasteiger partial charge in [-0.1, -0.05) is 67.3 Å². The summed E-state index contributed by atoms with van der Waals surface area (Å²) in [6.45, 7) is 7.72. The second-order valence-corrected chi connectivity index (χ2v) is 7.92. The van der Waals surface area contributed by atoms with Crippen LogP contribution in [-0.4, -0.2) is 16.7 Å². The summed E-state index contributed by atoms with van der Waals surface area (Å²) in [6, 6.07) is 13.5. The van der Waals surface area contributed by atoms with Crippen molar-refractivity contribution in [1.82, 2.24) is 9.55 Å². The molecule has 3 heterocycles. The fourth-order valence-electron chi connectivity index (χ4n) is 4.37. The van der Waals surface area contributed by atoms with Gasteiger partial charge in [0, 0.05) is 11.8 Å². The molecule has 162 valence electrons. The zero-order valence-electron chi connectivity index (χ0n) is 18.0. The van der Waals surface area contributed by atoms with Gasteiger partial charge in [-0.3, -0.25) is 0 Å². The van der Waals surface area contributed by atoms with Crippen LogP contribution in [-0.2, 0) is 6.42 Å². The normalized spacial score (nSPS) is 15.7. The van der Waals surface area contributed by atoms with Crippen LogP contribution >= 0.6 is 11.6 Å². The number of pyridine rings is 1. The Morgan fingerprint density at radius 3 is 2.66 bits per heavy atom. The van der Waals surface area contributed by atoms with Crippen molar-refractivity contribution in [2.75, 3.05) is 7.11 Å². The lowest BCUT2D eigenvalue weighted by atomic mass is 9.96. The van der Waals surface area contributed by atoms with Crippen LogP contribution in [0.4, 0.5) is 0 Å². The van der Waals surface area contributed by atoms with Crippen LogP contribution in [0.2, 0.25) is 5.15 Å². The summed E-state index contributed by atoms with van der Waals surface area (Å²) in [4.78, 5) is 18.3. The summed E-state index contributed by atoms with van der Waals surface area (Å²) in [6.07, 6.45) is 9.32. The van der Waals surface area contributed by atoms with Crippen LogP contribution in [0, 0.1) is 0 Å². The third-order valence-electron chi connectivity index (χ3n) is 5.72. The Bertz CT molecular complexity index is 1240. The number of hydrogen-bond donors (Lipinski definition) is 0. The number of aromatic nitrogens is 3. The molecule has 1 aliphatic heterocycles. The van der Waals surface area contributed by atoms with E-state index < -0.39 is 0 Å². The van der Waals surface area contributed by atoms with Gasteiger partial charge in [-0.25, -0.2) is 9.78 Å². The lowest BCUT2D eigenvalue weighted by Crippen LogP contribution is -2.49. The highest BCUT2D eigenvalue weighted by molar-refractivity contribution is 6.29. The zero-order chi connectivity index (χ0) is 22.7. The lowest BCUT2D eigenvalue weighted by molar-refractivity contribution is -0.618. The molecule has 3 aromatic rings. The van der Waals surface area contributed by atoms with E-state index in [1.165, 1.54) is 0 Å². The number of nitrogens with zero attached hydrogens (tertiary/aromatic N) is 3. The van der Waals surface area contributed by atoms with Gasteiger partial charge in [0.25, 0.3) is 5.82 Å². The molecule has 0 N–H and O–H groups in total. The summed E-state index contributed by atoms with van der Waals surface area (Å²) in [7, 11) is 1.59.